The van der Waals surface area contributed by atoms with Crippen molar-refractivity contribution in [3.63, 3.8) is 0 Å². The first kappa shape index (κ1) is 14.9. The van der Waals surface area contributed by atoms with Crippen LogP contribution in [0.25, 0.3) is 0 Å². The largest absolute Gasteiger partial charge is 0.358 e. The minimum atomic E-state index is -0.565. The van der Waals surface area contributed by atoms with Crippen LogP contribution in [0.1, 0.15) is 27.2 Å². The lowest BCUT2D eigenvalue weighted by atomic mass is 9.86. The van der Waals surface area contributed by atoms with E-state index in [0.29, 0.717) is 19.5 Å². The van der Waals surface area contributed by atoms with Gasteiger partial charge in [-0.05, 0) is 20.3 Å². The van der Waals surface area contributed by atoms with Crippen LogP contribution in [0.15, 0.2) is 0 Å². The van der Waals surface area contributed by atoms with Crippen LogP contribution in [-0.2, 0) is 9.59 Å². The van der Waals surface area contributed by atoms with Gasteiger partial charge in [0, 0.05) is 20.1 Å². The molecule has 1 unspecified atom stereocenters. The fraction of sp³-hybridized carbons (Fsp3) is 0.818. The van der Waals surface area contributed by atoms with Gasteiger partial charge in [-0.25, -0.2) is 0 Å². The van der Waals surface area contributed by atoms with Crippen molar-refractivity contribution >= 4 is 11.8 Å². The maximum absolute atomic E-state index is 12.2. The number of amides is 2. The van der Waals surface area contributed by atoms with Crippen molar-refractivity contribution < 1.29 is 9.59 Å². The van der Waals surface area contributed by atoms with Gasteiger partial charge in [-0.3, -0.25) is 9.59 Å². The third-order valence-electron chi connectivity index (χ3n) is 3.03. The number of hydrogen-bond donors (Lipinski definition) is 2. The van der Waals surface area contributed by atoms with Gasteiger partial charge in [-0.1, -0.05) is 6.92 Å². The Morgan fingerprint density at radius 1 is 1.38 bits per heavy atom. The molecule has 0 bridgehead atoms. The summed E-state index contributed by atoms with van der Waals surface area (Å²) < 4.78 is 0. The predicted octanol–water partition coefficient (Wildman–Crippen LogP) is -0.0441. The highest BCUT2D eigenvalue weighted by Gasteiger charge is 2.33. The standard InChI is InChI=1S/C11H23N3O2/c1-5-11(3,8-12)10(16)14(6-2)7-9(15)13-4/h5-8,12H2,1-4H3,(H,13,15). The summed E-state index contributed by atoms with van der Waals surface area (Å²) in [5.74, 6) is -0.214. The first-order valence-electron chi connectivity index (χ1n) is 5.65. The van der Waals surface area contributed by atoms with Gasteiger partial charge in [0.1, 0.15) is 0 Å². The molecule has 0 aromatic rings. The summed E-state index contributed by atoms with van der Waals surface area (Å²) in [6.45, 7) is 6.53. The number of nitrogens with zero attached hydrogens (tertiary/aromatic N) is 1. The van der Waals surface area contributed by atoms with Gasteiger partial charge in [0.15, 0.2) is 0 Å². The summed E-state index contributed by atoms with van der Waals surface area (Å²) in [6, 6.07) is 0. The average Bonchev–Trinajstić information content (AvgIpc) is 2.33. The van der Waals surface area contributed by atoms with Crippen LogP contribution in [0.5, 0.6) is 0 Å². The highest BCUT2D eigenvalue weighted by molar-refractivity contribution is 5.87. The fourth-order valence-corrected chi connectivity index (χ4v) is 1.34. The molecule has 0 aliphatic carbocycles. The number of carbonyl (C=O) groups is 2. The highest BCUT2D eigenvalue weighted by Crippen LogP contribution is 2.22. The molecule has 0 fully saturated rings. The molecule has 3 N–H and O–H groups in total. The van der Waals surface area contributed by atoms with Crippen LogP contribution >= 0.6 is 0 Å². The molecule has 1 atom stereocenters. The molecular formula is C11H23N3O2. The Hall–Kier alpha value is -1.10. The highest BCUT2D eigenvalue weighted by atomic mass is 16.2. The summed E-state index contributed by atoms with van der Waals surface area (Å²) in [4.78, 5) is 25.0. The van der Waals surface area contributed by atoms with Crippen molar-refractivity contribution in [2.45, 2.75) is 27.2 Å². The molecule has 2 amide bonds. The van der Waals surface area contributed by atoms with Gasteiger partial charge in [0.2, 0.25) is 11.8 Å². The number of hydrogen-bond acceptors (Lipinski definition) is 3. The SMILES string of the molecule is CCN(CC(=O)NC)C(=O)C(C)(CC)CN. The van der Waals surface area contributed by atoms with Crippen LogP contribution in [0.2, 0.25) is 0 Å². The van der Waals surface area contributed by atoms with Crippen molar-refractivity contribution in [3.05, 3.63) is 0 Å². The zero-order valence-corrected chi connectivity index (χ0v) is 10.7. The average molecular weight is 229 g/mol. The summed E-state index contributed by atoms with van der Waals surface area (Å²) >= 11 is 0. The second kappa shape index (κ2) is 6.48. The number of rotatable bonds is 6. The second-order valence-corrected chi connectivity index (χ2v) is 4.11. The van der Waals surface area contributed by atoms with Crippen molar-refractivity contribution in [1.82, 2.24) is 10.2 Å². The van der Waals surface area contributed by atoms with Gasteiger partial charge in [-0.2, -0.15) is 0 Å². The Morgan fingerprint density at radius 3 is 2.25 bits per heavy atom. The van der Waals surface area contributed by atoms with E-state index in [2.05, 4.69) is 5.32 Å². The smallest absolute Gasteiger partial charge is 0.239 e. The Morgan fingerprint density at radius 2 is 1.94 bits per heavy atom. The maximum Gasteiger partial charge on any atom is 0.239 e. The molecule has 94 valence electrons. The molecule has 5 nitrogen and oxygen atoms in total. The number of nitrogens with two attached hydrogens (primary N) is 1. The quantitative estimate of drug-likeness (QED) is 0.671. The Kier molecular flexibility index (Phi) is 6.03. The van der Waals surface area contributed by atoms with E-state index >= 15 is 0 Å². The lowest BCUT2D eigenvalue weighted by molar-refractivity contribution is -0.143. The van der Waals surface area contributed by atoms with E-state index in [1.807, 2.05) is 20.8 Å². The summed E-state index contributed by atoms with van der Waals surface area (Å²) in [5.41, 5.74) is 5.06. The number of carbonyl (C=O) groups excluding carboxylic acids is 2. The molecule has 0 spiro atoms. The predicted molar refractivity (Wildman–Crippen MR) is 63.8 cm³/mol. The molecule has 0 radical (unpaired) electrons. The van der Waals surface area contributed by atoms with Gasteiger partial charge in [0.05, 0.1) is 12.0 Å². The van der Waals surface area contributed by atoms with Gasteiger partial charge in [-0.15, -0.1) is 0 Å². The molecule has 0 saturated carbocycles. The van der Waals surface area contributed by atoms with Crippen molar-refractivity contribution in [1.29, 1.82) is 0 Å². The second-order valence-electron chi connectivity index (χ2n) is 4.11. The molecule has 16 heavy (non-hydrogen) atoms. The molecule has 0 aromatic carbocycles. The van der Waals surface area contributed by atoms with Crippen molar-refractivity contribution in [2.24, 2.45) is 11.1 Å². The Bertz CT molecular complexity index is 250. The maximum atomic E-state index is 12.2. The fourth-order valence-electron chi connectivity index (χ4n) is 1.34. The topological polar surface area (TPSA) is 75.4 Å². The lowest BCUT2D eigenvalue weighted by Crippen LogP contribution is -2.49. The van der Waals surface area contributed by atoms with Crippen molar-refractivity contribution in [2.75, 3.05) is 26.7 Å². The molecule has 0 aliphatic rings. The third kappa shape index (κ3) is 3.48. The van der Waals surface area contributed by atoms with Crippen LogP contribution in [0, 0.1) is 5.41 Å². The molecule has 5 heteroatoms. The van der Waals surface area contributed by atoms with Crippen LogP contribution in [-0.4, -0.2) is 43.4 Å². The Labute approximate surface area is 97.4 Å². The van der Waals surface area contributed by atoms with E-state index in [9.17, 15) is 9.59 Å². The number of likely N-dealkylation sites (N-methyl/N-ethyl adjacent to an activating group) is 2. The molecule has 0 aromatic heterocycles. The van der Waals surface area contributed by atoms with E-state index in [-0.39, 0.29) is 18.4 Å². The van der Waals surface area contributed by atoms with E-state index in [4.69, 9.17) is 5.73 Å². The molecule has 0 saturated heterocycles. The van der Waals surface area contributed by atoms with E-state index in [1.54, 1.807) is 7.05 Å². The Balaban J connectivity index is 4.70. The van der Waals surface area contributed by atoms with Gasteiger partial charge >= 0.3 is 0 Å². The summed E-state index contributed by atoms with van der Waals surface area (Å²) in [5, 5.41) is 2.51. The molecule has 0 aliphatic heterocycles. The zero-order chi connectivity index (χ0) is 12.8. The van der Waals surface area contributed by atoms with E-state index < -0.39 is 5.41 Å². The number of nitrogens with one attached hydrogen (secondary N) is 1. The zero-order valence-electron chi connectivity index (χ0n) is 10.7. The van der Waals surface area contributed by atoms with Gasteiger partial charge in [0.25, 0.3) is 0 Å². The summed E-state index contributed by atoms with van der Waals surface area (Å²) in [7, 11) is 1.56. The minimum Gasteiger partial charge on any atom is -0.358 e. The van der Waals surface area contributed by atoms with E-state index in [0.717, 1.165) is 0 Å². The van der Waals surface area contributed by atoms with Gasteiger partial charge < -0.3 is 16.0 Å². The van der Waals surface area contributed by atoms with E-state index in [1.165, 1.54) is 4.90 Å². The van der Waals surface area contributed by atoms with Crippen molar-refractivity contribution in [3.8, 4) is 0 Å². The normalized spacial score (nSPS) is 14.1. The first-order valence-corrected chi connectivity index (χ1v) is 5.65. The monoisotopic (exact) mass is 229 g/mol. The molecule has 0 rings (SSSR count). The van der Waals surface area contributed by atoms with Crippen LogP contribution in [0.3, 0.4) is 0 Å². The summed E-state index contributed by atoms with van der Waals surface area (Å²) in [6.07, 6.45) is 0.673. The molecular weight excluding hydrogens is 206 g/mol. The molecule has 0 heterocycles. The third-order valence-corrected chi connectivity index (χ3v) is 3.03. The minimum absolute atomic E-state index is 0.0522. The van der Waals surface area contributed by atoms with Crippen LogP contribution < -0.4 is 11.1 Å². The first-order chi connectivity index (χ1) is 7.45. The van der Waals surface area contributed by atoms with Crippen LogP contribution in [0.4, 0.5) is 0 Å². The lowest BCUT2D eigenvalue weighted by Gasteiger charge is -2.31.